The molecule has 0 saturated heterocycles. The van der Waals surface area contributed by atoms with Crippen LogP contribution in [0.1, 0.15) is 10.4 Å². The van der Waals surface area contributed by atoms with Gasteiger partial charge in [0.15, 0.2) is 9.84 Å². The zero-order chi connectivity index (χ0) is 13.8. The lowest BCUT2D eigenvalue weighted by molar-refractivity contribution is 0.0696. The number of methoxy groups -OCH3 is 1. The monoisotopic (exact) mass is 290 g/mol. The quantitative estimate of drug-likeness (QED) is 0.855. The van der Waals surface area contributed by atoms with Gasteiger partial charge in [0.1, 0.15) is 10.6 Å². The van der Waals surface area contributed by atoms with E-state index < -0.39 is 15.8 Å². The summed E-state index contributed by atoms with van der Waals surface area (Å²) in [4.78, 5) is 10.8. The lowest BCUT2D eigenvalue weighted by Crippen LogP contribution is -2.11. The van der Waals surface area contributed by atoms with Crippen molar-refractivity contribution < 1.29 is 23.1 Å². The lowest BCUT2D eigenvalue weighted by Gasteiger charge is -2.10. The molecule has 18 heavy (non-hydrogen) atoms. The first-order valence-electron chi connectivity index (χ1n) is 5.05. The number of rotatable bonds is 6. The van der Waals surface area contributed by atoms with Gasteiger partial charge in [-0.25, -0.2) is 13.2 Å². The summed E-state index contributed by atoms with van der Waals surface area (Å²) < 4.78 is 29.1. The van der Waals surface area contributed by atoms with E-state index >= 15 is 0 Å². The molecule has 0 radical (unpaired) electrons. The van der Waals surface area contributed by atoms with Crippen LogP contribution in [0, 0.1) is 0 Å². The maximum Gasteiger partial charge on any atom is 0.335 e. The number of hydrogen-bond donors (Lipinski definition) is 1. The molecule has 1 rings (SSSR count). The average Bonchev–Trinajstić information content (AvgIpc) is 2.35. The van der Waals surface area contributed by atoms with Crippen LogP contribution in [0.25, 0.3) is 0 Å². The molecular formula is C11H14O5S2. The van der Waals surface area contributed by atoms with Gasteiger partial charge in [0.25, 0.3) is 0 Å². The third-order valence-electron chi connectivity index (χ3n) is 2.30. The zero-order valence-electron chi connectivity index (χ0n) is 10.0. The van der Waals surface area contributed by atoms with Gasteiger partial charge in [-0.1, -0.05) is 0 Å². The van der Waals surface area contributed by atoms with Crippen LogP contribution in [0.3, 0.4) is 0 Å². The minimum Gasteiger partial charge on any atom is -0.495 e. The molecule has 0 saturated carbocycles. The van der Waals surface area contributed by atoms with Crippen molar-refractivity contribution in [3.63, 3.8) is 0 Å². The molecule has 0 aromatic heterocycles. The van der Waals surface area contributed by atoms with Gasteiger partial charge >= 0.3 is 5.97 Å². The Morgan fingerprint density at radius 1 is 1.44 bits per heavy atom. The van der Waals surface area contributed by atoms with Crippen molar-refractivity contribution in [1.29, 1.82) is 0 Å². The van der Waals surface area contributed by atoms with E-state index in [1.807, 2.05) is 0 Å². The van der Waals surface area contributed by atoms with Crippen LogP contribution in [0.15, 0.2) is 23.1 Å². The van der Waals surface area contributed by atoms with Crippen LogP contribution < -0.4 is 4.74 Å². The van der Waals surface area contributed by atoms with Gasteiger partial charge in [-0.3, -0.25) is 0 Å². The summed E-state index contributed by atoms with van der Waals surface area (Å²) in [6.07, 6.45) is 1.81. The summed E-state index contributed by atoms with van der Waals surface area (Å²) in [5.41, 5.74) is -0.0708. The normalized spacial score (nSPS) is 11.2. The second-order valence-electron chi connectivity index (χ2n) is 3.48. The second-order valence-corrected chi connectivity index (χ2v) is 6.55. The number of aromatic carboxylic acids is 1. The SMILES string of the molecule is COc1ccc(C(=O)O)cc1S(=O)(=O)CCSC. The fourth-order valence-electron chi connectivity index (χ4n) is 1.36. The molecular weight excluding hydrogens is 276 g/mol. The molecule has 0 amide bonds. The van der Waals surface area contributed by atoms with Crippen molar-refractivity contribution in [2.24, 2.45) is 0 Å². The Kier molecular flexibility index (Phi) is 5.03. The van der Waals surface area contributed by atoms with Crippen LogP contribution >= 0.6 is 11.8 Å². The summed E-state index contributed by atoms with van der Waals surface area (Å²) in [6, 6.07) is 3.81. The smallest absolute Gasteiger partial charge is 0.335 e. The van der Waals surface area contributed by atoms with E-state index in [-0.39, 0.29) is 22.0 Å². The highest BCUT2D eigenvalue weighted by molar-refractivity contribution is 8.00. The third-order valence-corrected chi connectivity index (χ3v) is 4.90. The van der Waals surface area contributed by atoms with Gasteiger partial charge in [0.2, 0.25) is 0 Å². The van der Waals surface area contributed by atoms with Gasteiger partial charge in [-0.15, -0.1) is 0 Å². The molecule has 0 aliphatic heterocycles. The van der Waals surface area contributed by atoms with E-state index in [0.717, 1.165) is 6.07 Å². The first-order chi connectivity index (χ1) is 8.42. The zero-order valence-corrected chi connectivity index (χ0v) is 11.7. The average molecular weight is 290 g/mol. The second kappa shape index (κ2) is 6.10. The van der Waals surface area contributed by atoms with E-state index in [1.54, 1.807) is 6.26 Å². The Morgan fingerprint density at radius 2 is 2.11 bits per heavy atom. The van der Waals surface area contributed by atoms with E-state index in [2.05, 4.69) is 0 Å². The number of thioether (sulfide) groups is 1. The Morgan fingerprint density at radius 3 is 2.61 bits per heavy atom. The topological polar surface area (TPSA) is 80.7 Å². The van der Waals surface area contributed by atoms with Gasteiger partial charge in [-0.05, 0) is 24.5 Å². The number of carboxylic acids is 1. The molecule has 0 unspecified atom stereocenters. The fraction of sp³-hybridized carbons (Fsp3) is 0.364. The van der Waals surface area contributed by atoms with Crippen LogP contribution in [-0.2, 0) is 9.84 Å². The van der Waals surface area contributed by atoms with Gasteiger partial charge in [0.05, 0.1) is 18.4 Å². The molecule has 1 aromatic carbocycles. The number of carboxylic acid groups (broad SMARTS) is 1. The molecule has 0 aliphatic carbocycles. The standard InChI is InChI=1S/C11H14O5S2/c1-16-9-4-3-8(11(12)13)7-10(9)18(14,15)6-5-17-2/h3-4,7H,5-6H2,1-2H3,(H,12,13). The van der Waals surface area contributed by atoms with Crippen LogP contribution in [0.5, 0.6) is 5.75 Å². The van der Waals surface area contributed by atoms with E-state index in [0.29, 0.717) is 5.75 Å². The summed E-state index contributed by atoms with van der Waals surface area (Å²) >= 11 is 1.41. The predicted octanol–water partition coefficient (Wildman–Crippen LogP) is 1.53. The van der Waals surface area contributed by atoms with Crippen LogP contribution in [0.2, 0.25) is 0 Å². The maximum atomic E-state index is 12.1. The third kappa shape index (κ3) is 3.39. The first kappa shape index (κ1) is 14.8. The van der Waals surface area contributed by atoms with E-state index in [4.69, 9.17) is 9.84 Å². The number of benzene rings is 1. The molecule has 5 nitrogen and oxygen atoms in total. The van der Waals surface area contributed by atoms with Crippen molar-refractivity contribution in [2.45, 2.75) is 4.90 Å². The molecule has 1 aromatic rings. The Hall–Kier alpha value is -1.21. The Balaban J connectivity index is 3.27. The van der Waals surface area contributed by atoms with Crippen molar-refractivity contribution in [2.75, 3.05) is 24.9 Å². The number of carbonyl (C=O) groups is 1. The lowest BCUT2D eigenvalue weighted by atomic mass is 10.2. The molecule has 0 fully saturated rings. The molecule has 0 bridgehead atoms. The highest BCUT2D eigenvalue weighted by Crippen LogP contribution is 2.26. The van der Waals surface area contributed by atoms with Crippen molar-refractivity contribution in [3.05, 3.63) is 23.8 Å². The summed E-state index contributed by atoms with van der Waals surface area (Å²) in [5, 5.41) is 8.87. The predicted molar refractivity (Wildman–Crippen MR) is 70.4 cm³/mol. The Labute approximate surface area is 110 Å². The summed E-state index contributed by atoms with van der Waals surface area (Å²) in [6.45, 7) is 0. The van der Waals surface area contributed by atoms with Gasteiger partial charge in [-0.2, -0.15) is 11.8 Å². The van der Waals surface area contributed by atoms with Crippen molar-refractivity contribution >= 4 is 27.6 Å². The molecule has 0 aliphatic rings. The highest BCUT2D eigenvalue weighted by atomic mass is 32.2. The van der Waals surface area contributed by atoms with E-state index in [1.165, 1.54) is 31.0 Å². The minimum absolute atomic E-state index is 0.0480. The fourth-order valence-corrected chi connectivity index (χ4v) is 3.88. The molecule has 1 N–H and O–H groups in total. The maximum absolute atomic E-state index is 12.1. The molecule has 100 valence electrons. The molecule has 0 spiro atoms. The van der Waals surface area contributed by atoms with Crippen molar-refractivity contribution in [1.82, 2.24) is 0 Å². The van der Waals surface area contributed by atoms with Crippen molar-refractivity contribution in [3.8, 4) is 5.75 Å². The summed E-state index contributed by atoms with van der Waals surface area (Å²) in [7, 11) is -2.18. The van der Waals surface area contributed by atoms with E-state index in [9.17, 15) is 13.2 Å². The Bertz CT molecular complexity index is 536. The van der Waals surface area contributed by atoms with Crippen LogP contribution in [0.4, 0.5) is 0 Å². The minimum atomic E-state index is -3.53. The number of sulfone groups is 1. The van der Waals surface area contributed by atoms with Gasteiger partial charge < -0.3 is 9.84 Å². The van der Waals surface area contributed by atoms with Crippen LogP contribution in [-0.4, -0.2) is 44.4 Å². The largest absolute Gasteiger partial charge is 0.495 e. The molecule has 0 atom stereocenters. The molecule has 7 heteroatoms. The number of hydrogen-bond acceptors (Lipinski definition) is 5. The highest BCUT2D eigenvalue weighted by Gasteiger charge is 2.21. The first-order valence-corrected chi connectivity index (χ1v) is 8.10. The summed E-state index contributed by atoms with van der Waals surface area (Å²) in [5.74, 6) is -0.601. The molecule has 0 heterocycles. The number of ether oxygens (including phenoxy) is 1. The van der Waals surface area contributed by atoms with Gasteiger partial charge in [0, 0.05) is 5.75 Å².